The maximum Gasteiger partial charge on any atom is 0.191 e. The summed E-state index contributed by atoms with van der Waals surface area (Å²) in [6.45, 7) is 6.65. The molecular formula is C18H29N7. The summed E-state index contributed by atoms with van der Waals surface area (Å²) in [5.41, 5.74) is 2.60. The van der Waals surface area contributed by atoms with Crippen molar-refractivity contribution in [3.05, 3.63) is 47.5 Å². The van der Waals surface area contributed by atoms with Crippen LogP contribution in [0.25, 0.3) is 0 Å². The van der Waals surface area contributed by atoms with Crippen molar-refractivity contribution in [2.24, 2.45) is 12.0 Å². The Morgan fingerprint density at radius 3 is 2.48 bits per heavy atom. The van der Waals surface area contributed by atoms with Gasteiger partial charge in [0.05, 0.1) is 6.54 Å². The van der Waals surface area contributed by atoms with Gasteiger partial charge in [0, 0.05) is 33.2 Å². The Morgan fingerprint density at radius 1 is 1.20 bits per heavy atom. The van der Waals surface area contributed by atoms with Gasteiger partial charge in [-0.2, -0.15) is 5.10 Å². The summed E-state index contributed by atoms with van der Waals surface area (Å²) < 4.78 is 1.75. The SMILES string of the molecule is CN=C(NCc1ccccc1CN(C)C(C)C)NCc1ncnn1C. The van der Waals surface area contributed by atoms with Gasteiger partial charge in [-0.3, -0.25) is 14.6 Å². The third kappa shape index (κ3) is 5.56. The number of aryl methyl sites for hydroxylation is 1. The number of aromatic nitrogens is 3. The van der Waals surface area contributed by atoms with Crippen LogP contribution in [0.5, 0.6) is 0 Å². The van der Waals surface area contributed by atoms with Crippen molar-refractivity contribution in [2.75, 3.05) is 14.1 Å². The van der Waals surface area contributed by atoms with E-state index in [1.165, 1.54) is 11.1 Å². The predicted molar refractivity (Wildman–Crippen MR) is 101 cm³/mol. The highest BCUT2D eigenvalue weighted by Gasteiger charge is 2.09. The van der Waals surface area contributed by atoms with E-state index in [4.69, 9.17) is 0 Å². The average molecular weight is 343 g/mol. The first-order valence-electron chi connectivity index (χ1n) is 8.55. The Hall–Kier alpha value is -2.41. The van der Waals surface area contributed by atoms with Crippen LogP contribution in [-0.2, 0) is 26.7 Å². The van der Waals surface area contributed by atoms with Crippen LogP contribution in [0.1, 0.15) is 30.8 Å². The van der Waals surface area contributed by atoms with Gasteiger partial charge in [0.2, 0.25) is 0 Å². The fraction of sp³-hybridized carbons (Fsp3) is 0.500. The van der Waals surface area contributed by atoms with Crippen LogP contribution in [0.4, 0.5) is 0 Å². The van der Waals surface area contributed by atoms with Gasteiger partial charge in [-0.05, 0) is 32.0 Å². The molecule has 0 aliphatic rings. The van der Waals surface area contributed by atoms with Crippen molar-refractivity contribution < 1.29 is 0 Å². The molecule has 136 valence electrons. The van der Waals surface area contributed by atoms with Gasteiger partial charge < -0.3 is 10.6 Å². The van der Waals surface area contributed by atoms with Crippen LogP contribution in [0.15, 0.2) is 35.6 Å². The molecule has 7 nitrogen and oxygen atoms in total. The number of guanidine groups is 1. The van der Waals surface area contributed by atoms with Crippen LogP contribution in [-0.4, -0.2) is 45.8 Å². The molecule has 0 aliphatic carbocycles. The summed E-state index contributed by atoms with van der Waals surface area (Å²) in [5, 5.41) is 10.7. The highest BCUT2D eigenvalue weighted by molar-refractivity contribution is 5.79. The summed E-state index contributed by atoms with van der Waals surface area (Å²) in [7, 11) is 5.79. The quantitative estimate of drug-likeness (QED) is 0.589. The predicted octanol–water partition coefficient (Wildman–Crippen LogP) is 1.52. The van der Waals surface area contributed by atoms with Gasteiger partial charge in [0.25, 0.3) is 0 Å². The second-order valence-corrected chi connectivity index (χ2v) is 6.36. The van der Waals surface area contributed by atoms with E-state index in [1.54, 1.807) is 18.1 Å². The number of benzene rings is 1. The molecule has 0 unspecified atom stereocenters. The Morgan fingerprint density at radius 2 is 1.88 bits per heavy atom. The molecule has 7 heteroatoms. The number of hydrogen-bond acceptors (Lipinski definition) is 4. The fourth-order valence-electron chi connectivity index (χ4n) is 2.38. The van der Waals surface area contributed by atoms with Crippen molar-refractivity contribution in [3.8, 4) is 0 Å². The second-order valence-electron chi connectivity index (χ2n) is 6.36. The molecule has 2 aromatic rings. The molecule has 0 aliphatic heterocycles. The van der Waals surface area contributed by atoms with Crippen LogP contribution < -0.4 is 10.6 Å². The van der Waals surface area contributed by atoms with Gasteiger partial charge in [-0.25, -0.2) is 4.98 Å². The van der Waals surface area contributed by atoms with E-state index in [0.717, 1.165) is 24.9 Å². The molecule has 0 saturated heterocycles. The Bertz CT molecular complexity index is 690. The monoisotopic (exact) mass is 343 g/mol. The van der Waals surface area contributed by atoms with Crippen molar-refractivity contribution in [1.82, 2.24) is 30.3 Å². The number of nitrogens with zero attached hydrogens (tertiary/aromatic N) is 5. The summed E-state index contributed by atoms with van der Waals surface area (Å²) in [6.07, 6.45) is 1.55. The zero-order chi connectivity index (χ0) is 18.2. The molecule has 1 aromatic carbocycles. The molecule has 0 radical (unpaired) electrons. The van der Waals surface area contributed by atoms with E-state index >= 15 is 0 Å². The van der Waals surface area contributed by atoms with E-state index in [-0.39, 0.29) is 0 Å². The number of nitrogens with one attached hydrogen (secondary N) is 2. The van der Waals surface area contributed by atoms with Crippen molar-refractivity contribution in [3.63, 3.8) is 0 Å². The summed E-state index contributed by atoms with van der Waals surface area (Å²) in [5.74, 6) is 1.61. The first kappa shape index (κ1) is 18.9. The lowest BCUT2D eigenvalue weighted by Gasteiger charge is -2.23. The van der Waals surface area contributed by atoms with E-state index in [2.05, 4.69) is 75.8 Å². The van der Waals surface area contributed by atoms with Crippen LogP contribution in [0.3, 0.4) is 0 Å². The maximum absolute atomic E-state index is 4.28. The Labute approximate surface area is 150 Å². The van der Waals surface area contributed by atoms with Crippen LogP contribution >= 0.6 is 0 Å². The Kier molecular flexibility index (Phi) is 6.94. The summed E-state index contributed by atoms with van der Waals surface area (Å²) in [4.78, 5) is 10.8. The third-order valence-electron chi connectivity index (χ3n) is 4.31. The zero-order valence-corrected chi connectivity index (χ0v) is 15.8. The van der Waals surface area contributed by atoms with Gasteiger partial charge in [0.1, 0.15) is 12.2 Å². The van der Waals surface area contributed by atoms with Crippen molar-refractivity contribution in [2.45, 2.75) is 39.5 Å². The largest absolute Gasteiger partial charge is 0.352 e. The normalized spacial score (nSPS) is 12.0. The molecule has 0 atom stereocenters. The molecule has 1 heterocycles. The van der Waals surface area contributed by atoms with E-state index in [1.807, 2.05) is 7.05 Å². The highest BCUT2D eigenvalue weighted by Crippen LogP contribution is 2.12. The lowest BCUT2D eigenvalue weighted by molar-refractivity contribution is 0.265. The topological polar surface area (TPSA) is 70.4 Å². The molecule has 0 amide bonds. The first-order valence-corrected chi connectivity index (χ1v) is 8.55. The minimum absolute atomic E-state index is 0.516. The number of rotatable bonds is 7. The van der Waals surface area contributed by atoms with Crippen molar-refractivity contribution >= 4 is 5.96 Å². The maximum atomic E-state index is 4.28. The summed E-state index contributed by atoms with van der Waals surface area (Å²) in [6, 6.07) is 9.03. The first-order chi connectivity index (χ1) is 12.0. The standard InChI is InChI=1S/C18H29N7/c1-14(2)24(4)12-16-9-7-6-8-15(16)10-20-18(19-3)21-11-17-22-13-23-25(17)5/h6-9,13-14H,10-12H2,1-5H3,(H2,19,20,21). The molecule has 1 aromatic heterocycles. The molecule has 25 heavy (non-hydrogen) atoms. The van der Waals surface area contributed by atoms with Crippen LogP contribution in [0.2, 0.25) is 0 Å². The van der Waals surface area contributed by atoms with Gasteiger partial charge in [0.15, 0.2) is 5.96 Å². The smallest absolute Gasteiger partial charge is 0.191 e. The Balaban J connectivity index is 1.94. The zero-order valence-electron chi connectivity index (χ0n) is 15.8. The minimum atomic E-state index is 0.516. The van der Waals surface area contributed by atoms with Crippen molar-refractivity contribution in [1.29, 1.82) is 0 Å². The van der Waals surface area contributed by atoms with Gasteiger partial charge in [-0.15, -0.1) is 0 Å². The lowest BCUT2D eigenvalue weighted by Crippen LogP contribution is -2.37. The molecule has 0 spiro atoms. The highest BCUT2D eigenvalue weighted by atomic mass is 15.3. The van der Waals surface area contributed by atoms with Crippen LogP contribution in [0, 0.1) is 0 Å². The summed E-state index contributed by atoms with van der Waals surface area (Å²) >= 11 is 0. The number of aliphatic imine (C=N–C) groups is 1. The third-order valence-corrected chi connectivity index (χ3v) is 4.31. The molecule has 2 N–H and O–H groups in total. The lowest BCUT2D eigenvalue weighted by atomic mass is 10.1. The van der Waals surface area contributed by atoms with Gasteiger partial charge >= 0.3 is 0 Å². The minimum Gasteiger partial charge on any atom is -0.352 e. The molecule has 2 rings (SSSR count). The molecule has 0 fully saturated rings. The molecular weight excluding hydrogens is 314 g/mol. The van der Waals surface area contributed by atoms with E-state index in [0.29, 0.717) is 12.6 Å². The van der Waals surface area contributed by atoms with E-state index < -0.39 is 0 Å². The molecule has 0 saturated carbocycles. The van der Waals surface area contributed by atoms with E-state index in [9.17, 15) is 0 Å². The fourth-order valence-corrected chi connectivity index (χ4v) is 2.38. The average Bonchev–Trinajstić information content (AvgIpc) is 3.01. The second kappa shape index (κ2) is 9.17. The van der Waals surface area contributed by atoms with Gasteiger partial charge in [-0.1, -0.05) is 24.3 Å². The number of hydrogen-bond donors (Lipinski definition) is 2. The molecule has 0 bridgehead atoms.